The van der Waals surface area contributed by atoms with Gasteiger partial charge in [-0.05, 0) is 78.4 Å². The Hall–Kier alpha value is -9.18. The van der Waals surface area contributed by atoms with Gasteiger partial charge in [-0.2, -0.15) is 5.26 Å². The molecule has 14 aromatic rings. The molecule has 0 aliphatic heterocycles. The smallest absolute Gasteiger partial charge is 0.0991 e. The van der Waals surface area contributed by atoms with E-state index in [1.165, 1.54) is 21.5 Å². The number of fused-ring (bicyclic) bond motifs is 12. The van der Waals surface area contributed by atoms with Crippen molar-refractivity contribution in [3.8, 4) is 39.9 Å². The first-order chi connectivity index (χ1) is 32.7. The molecule has 0 aliphatic carbocycles. The highest BCUT2D eigenvalue weighted by Gasteiger charge is 2.24. The minimum atomic E-state index is 0.591. The monoisotopic (exact) mass is 840 g/mol. The minimum absolute atomic E-state index is 0.591. The summed E-state index contributed by atoms with van der Waals surface area (Å²) >= 11 is 0. The summed E-state index contributed by atoms with van der Waals surface area (Å²) in [5.41, 5.74) is 15.3. The van der Waals surface area contributed by atoms with Crippen molar-refractivity contribution in [3.63, 3.8) is 0 Å². The molecule has 5 aromatic heterocycles. The highest BCUT2D eigenvalue weighted by atomic mass is 15.1. The molecule has 0 spiro atoms. The Bertz CT molecular complexity index is 4020. The van der Waals surface area contributed by atoms with Crippen LogP contribution in [0.15, 0.2) is 219 Å². The van der Waals surface area contributed by atoms with E-state index < -0.39 is 0 Å². The van der Waals surface area contributed by atoms with Gasteiger partial charge in [-0.15, -0.1) is 0 Å². The molecule has 0 saturated heterocycles. The summed E-state index contributed by atoms with van der Waals surface area (Å²) in [6.45, 7) is 0. The molecule has 9 aromatic carbocycles. The Morgan fingerprint density at radius 3 is 1.05 bits per heavy atom. The maximum Gasteiger partial charge on any atom is 0.0991 e. The van der Waals surface area contributed by atoms with Crippen LogP contribution in [0.5, 0.6) is 0 Å². The van der Waals surface area contributed by atoms with Crippen LogP contribution < -0.4 is 0 Å². The Kier molecular flexibility index (Phi) is 7.65. The molecule has 0 bridgehead atoms. The van der Waals surface area contributed by atoms with Crippen LogP contribution in [-0.2, 0) is 0 Å². The van der Waals surface area contributed by atoms with E-state index >= 15 is 0 Å². The summed E-state index contributed by atoms with van der Waals surface area (Å²) in [7, 11) is 0. The predicted octanol–water partition coefficient (Wildman–Crippen LogP) is 15.0. The van der Waals surface area contributed by atoms with Gasteiger partial charge in [-0.3, -0.25) is 4.98 Å². The lowest BCUT2D eigenvalue weighted by atomic mass is 10.0. The molecule has 0 N–H and O–H groups in total. The number of nitriles is 1. The normalized spacial score (nSPS) is 11.9. The summed E-state index contributed by atoms with van der Waals surface area (Å²) in [5, 5.41) is 19.8. The third kappa shape index (κ3) is 5.08. The number of hydrogen-bond donors (Lipinski definition) is 0. The van der Waals surface area contributed by atoms with Crippen molar-refractivity contribution in [2.24, 2.45) is 0 Å². The standard InChI is InChI=1S/C60H36N6/c61-35-38-14-13-15-39(32-38)60-58(65-54-26-11-5-20-46(54)48-30-28-40(33-56(48)65)63-50-22-7-1-16-42(50)43-17-2-8-23-51(43)63)36-62-37-59(60)66-55-27-12-6-21-47(55)49-31-29-41(34-57(49)66)64-52-24-9-3-18-44(52)45-19-4-10-25-53(45)64/h1-34,36-37H. The van der Waals surface area contributed by atoms with E-state index in [1.54, 1.807) is 0 Å². The topological polar surface area (TPSA) is 56.4 Å². The minimum Gasteiger partial charge on any atom is -0.309 e. The van der Waals surface area contributed by atoms with E-state index in [0.29, 0.717) is 5.56 Å². The summed E-state index contributed by atoms with van der Waals surface area (Å²) in [4.78, 5) is 5.14. The largest absolute Gasteiger partial charge is 0.309 e. The Labute approximate surface area is 378 Å². The van der Waals surface area contributed by atoms with Crippen molar-refractivity contribution >= 4 is 87.2 Å². The quantitative estimate of drug-likeness (QED) is 0.173. The van der Waals surface area contributed by atoms with Gasteiger partial charge < -0.3 is 18.3 Å². The molecule has 0 fully saturated rings. The summed E-state index contributed by atoms with van der Waals surface area (Å²) in [6, 6.07) is 76.0. The molecule has 0 aliphatic rings. The number of pyridine rings is 1. The fourth-order valence-corrected chi connectivity index (χ4v) is 10.9. The van der Waals surface area contributed by atoms with Crippen molar-refractivity contribution in [1.29, 1.82) is 5.26 Å². The zero-order valence-corrected chi connectivity index (χ0v) is 35.5. The molecule has 0 radical (unpaired) electrons. The lowest BCUT2D eigenvalue weighted by Gasteiger charge is -2.20. The maximum absolute atomic E-state index is 10.3. The zero-order valence-electron chi connectivity index (χ0n) is 35.5. The summed E-state index contributed by atoms with van der Waals surface area (Å²) < 4.78 is 9.52. The molecule has 0 atom stereocenters. The first kappa shape index (κ1) is 36.3. The highest BCUT2D eigenvalue weighted by molar-refractivity contribution is 6.14. The number of benzene rings is 9. The van der Waals surface area contributed by atoms with Gasteiger partial charge in [0.25, 0.3) is 0 Å². The first-order valence-corrected chi connectivity index (χ1v) is 22.3. The number of hydrogen-bond acceptors (Lipinski definition) is 2. The van der Waals surface area contributed by atoms with Gasteiger partial charge in [-0.1, -0.05) is 133 Å². The van der Waals surface area contributed by atoms with Crippen LogP contribution in [0, 0.1) is 11.3 Å². The molecule has 0 unspecified atom stereocenters. The van der Waals surface area contributed by atoms with E-state index in [9.17, 15) is 5.26 Å². The van der Waals surface area contributed by atoms with E-state index in [-0.39, 0.29) is 0 Å². The zero-order chi connectivity index (χ0) is 43.5. The third-order valence-electron chi connectivity index (χ3n) is 13.7. The molecule has 306 valence electrons. The van der Waals surface area contributed by atoms with Crippen LogP contribution in [0.2, 0.25) is 0 Å². The second kappa shape index (κ2) is 13.9. The Morgan fingerprint density at radius 2 is 0.667 bits per heavy atom. The summed E-state index contributed by atoms with van der Waals surface area (Å²) in [6.07, 6.45) is 3.99. The average Bonchev–Trinajstić information content (AvgIpc) is 4.11. The number of rotatable bonds is 5. The van der Waals surface area contributed by atoms with Crippen LogP contribution in [0.4, 0.5) is 0 Å². The second-order valence-corrected chi connectivity index (χ2v) is 17.1. The number of aromatic nitrogens is 5. The maximum atomic E-state index is 10.3. The molecule has 5 heterocycles. The Balaban J connectivity index is 1.09. The van der Waals surface area contributed by atoms with Gasteiger partial charge in [0.15, 0.2) is 0 Å². The fraction of sp³-hybridized carbons (Fsp3) is 0. The van der Waals surface area contributed by atoms with Crippen molar-refractivity contribution in [3.05, 3.63) is 224 Å². The summed E-state index contributed by atoms with van der Waals surface area (Å²) in [5.74, 6) is 0. The van der Waals surface area contributed by atoms with Crippen LogP contribution >= 0.6 is 0 Å². The van der Waals surface area contributed by atoms with E-state index in [0.717, 1.165) is 99.6 Å². The second-order valence-electron chi connectivity index (χ2n) is 17.1. The fourth-order valence-electron chi connectivity index (χ4n) is 10.9. The number of nitrogens with zero attached hydrogens (tertiary/aromatic N) is 6. The van der Waals surface area contributed by atoms with Crippen LogP contribution in [0.3, 0.4) is 0 Å². The lowest BCUT2D eigenvalue weighted by molar-refractivity contribution is 1.09. The van der Waals surface area contributed by atoms with E-state index in [2.05, 4.69) is 212 Å². The molecular weight excluding hydrogens is 805 g/mol. The van der Waals surface area contributed by atoms with Crippen molar-refractivity contribution in [2.75, 3.05) is 0 Å². The Morgan fingerprint density at radius 1 is 0.318 bits per heavy atom. The molecule has 6 nitrogen and oxygen atoms in total. The van der Waals surface area contributed by atoms with Crippen molar-refractivity contribution in [2.45, 2.75) is 0 Å². The van der Waals surface area contributed by atoms with E-state index in [4.69, 9.17) is 4.98 Å². The average molecular weight is 841 g/mol. The molecule has 66 heavy (non-hydrogen) atoms. The van der Waals surface area contributed by atoms with Crippen molar-refractivity contribution < 1.29 is 0 Å². The van der Waals surface area contributed by atoms with Crippen LogP contribution in [-0.4, -0.2) is 23.3 Å². The third-order valence-corrected chi connectivity index (χ3v) is 13.7. The van der Waals surface area contributed by atoms with Crippen LogP contribution in [0.1, 0.15) is 5.56 Å². The molecule has 14 rings (SSSR count). The van der Waals surface area contributed by atoms with Gasteiger partial charge in [0, 0.05) is 60.0 Å². The van der Waals surface area contributed by atoms with Crippen LogP contribution in [0.25, 0.3) is 121 Å². The molecule has 0 saturated carbocycles. The highest BCUT2D eigenvalue weighted by Crippen LogP contribution is 2.44. The predicted molar refractivity (Wildman–Crippen MR) is 272 cm³/mol. The van der Waals surface area contributed by atoms with E-state index in [1.807, 2.05) is 30.6 Å². The van der Waals surface area contributed by atoms with Gasteiger partial charge in [0.05, 0.1) is 79.5 Å². The number of para-hydroxylation sites is 6. The van der Waals surface area contributed by atoms with Gasteiger partial charge in [-0.25, -0.2) is 0 Å². The van der Waals surface area contributed by atoms with Gasteiger partial charge >= 0.3 is 0 Å². The SMILES string of the molecule is N#Cc1cccc(-c2c(-n3c4ccccc4c4ccc(-n5c6ccccc6c6ccccc65)cc43)cncc2-n2c3ccccc3c3ccc(-n4c5ccccc5c5ccccc54)cc32)c1. The molecule has 0 amide bonds. The van der Waals surface area contributed by atoms with Gasteiger partial charge in [0.1, 0.15) is 0 Å². The molecular formula is C60H36N6. The van der Waals surface area contributed by atoms with Gasteiger partial charge in [0.2, 0.25) is 0 Å². The first-order valence-electron chi connectivity index (χ1n) is 22.3. The van der Waals surface area contributed by atoms with Crippen molar-refractivity contribution in [1.82, 2.24) is 23.3 Å². The lowest BCUT2D eigenvalue weighted by Crippen LogP contribution is -2.05. The molecule has 6 heteroatoms.